The van der Waals surface area contributed by atoms with Crippen LogP contribution in [0.15, 0.2) is 72.8 Å². The summed E-state index contributed by atoms with van der Waals surface area (Å²) in [6, 6.07) is 21.4. The van der Waals surface area contributed by atoms with E-state index in [-0.39, 0.29) is 12.5 Å². The van der Waals surface area contributed by atoms with E-state index >= 15 is 0 Å². The van der Waals surface area contributed by atoms with Crippen LogP contribution in [-0.2, 0) is 19.9 Å². The van der Waals surface area contributed by atoms with Crippen LogP contribution in [0.3, 0.4) is 0 Å². The molecule has 168 valence electrons. The van der Waals surface area contributed by atoms with E-state index in [9.17, 15) is 19.2 Å². The molecule has 3 aromatic carbocycles. The molecule has 4 rings (SSSR count). The van der Waals surface area contributed by atoms with Crippen molar-refractivity contribution >= 4 is 40.2 Å². The number of carbonyl (C=O) groups excluding carboxylic acids is 4. The number of carbonyl (C=O) groups is 4. The molecule has 8 nitrogen and oxygen atoms in total. The molecule has 3 aromatic rings. The number of nitrogens with one attached hydrogen (secondary N) is 2. The lowest BCUT2D eigenvalue weighted by molar-refractivity contribution is -0.139. The van der Waals surface area contributed by atoms with Gasteiger partial charge in [0, 0.05) is 18.1 Å². The van der Waals surface area contributed by atoms with E-state index in [4.69, 9.17) is 0 Å². The van der Waals surface area contributed by atoms with Crippen LogP contribution in [0.2, 0.25) is 0 Å². The summed E-state index contributed by atoms with van der Waals surface area (Å²) in [6.07, 6.45) is 0. The fourth-order valence-corrected chi connectivity index (χ4v) is 3.89. The van der Waals surface area contributed by atoms with E-state index < -0.39 is 29.9 Å². The molecule has 0 aromatic heterocycles. The van der Waals surface area contributed by atoms with Crippen molar-refractivity contribution < 1.29 is 19.2 Å². The average molecular weight is 444 g/mol. The molecule has 33 heavy (non-hydrogen) atoms. The Morgan fingerprint density at radius 3 is 2.39 bits per heavy atom. The Morgan fingerprint density at radius 2 is 1.64 bits per heavy atom. The number of nitrogens with zero attached hydrogens (tertiary/aromatic N) is 2. The van der Waals surface area contributed by atoms with E-state index in [0.717, 1.165) is 15.7 Å². The molecule has 1 aliphatic heterocycles. The van der Waals surface area contributed by atoms with E-state index in [1.165, 1.54) is 11.9 Å². The molecule has 1 atom stereocenters. The second-order valence-corrected chi connectivity index (χ2v) is 8.14. The number of rotatable bonds is 6. The van der Waals surface area contributed by atoms with Gasteiger partial charge < -0.3 is 15.5 Å². The van der Waals surface area contributed by atoms with Gasteiger partial charge in [-0.05, 0) is 23.9 Å². The SMILES string of the molecule is CN(CC(=O)Nc1cccc2ccccc12)C(=O)CN1C(=O)N[C@@](C)(c2ccccc2)C1=O. The highest BCUT2D eigenvalue weighted by Gasteiger charge is 2.49. The summed E-state index contributed by atoms with van der Waals surface area (Å²) >= 11 is 0. The highest BCUT2D eigenvalue weighted by molar-refractivity contribution is 6.09. The minimum Gasteiger partial charge on any atom is -0.335 e. The van der Waals surface area contributed by atoms with E-state index in [1.54, 1.807) is 37.3 Å². The molecule has 1 heterocycles. The first-order valence-electron chi connectivity index (χ1n) is 10.5. The molecule has 8 heteroatoms. The third-order valence-corrected chi connectivity index (χ3v) is 5.79. The quantitative estimate of drug-likeness (QED) is 0.571. The topological polar surface area (TPSA) is 98.8 Å². The Bertz CT molecular complexity index is 1240. The van der Waals surface area contributed by atoms with Crippen LogP contribution in [0.5, 0.6) is 0 Å². The third-order valence-electron chi connectivity index (χ3n) is 5.79. The van der Waals surface area contributed by atoms with Crippen molar-refractivity contribution in [2.75, 3.05) is 25.5 Å². The van der Waals surface area contributed by atoms with Gasteiger partial charge in [-0.15, -0.1) is 0 Å². The number of benzene rings is 3. The monoisotopic (exact) mass is 444 g/mol. The second-order valence-electron chi connectivity index (χ2n) is 8.14. The molecule has 2 N–H and O–H groups in total. The Labute approximate surface area is 191 Å². The van der Waals surface area contributed by atoms with Crippen molar-refractivity contribution in [2.24, 2.45) is 0 Å². The zero-order chi connectivity index (χ0) is 23.6. The molecule has 0 aliphatic carbocycles. The maximum absolute atomic E-state index is 13.0. The zero-order valence-corrected chi connectivity index (χ0v) is 18.4. The van der Waals surface area contributed by atoms with E-state index in [2.05, 4.69) is 10.6 Å². The van der Waals surface area contributed by atoms with Crippen LogP contribution < -0.4 is 10.6 Å². The Balaban J connectivity index is 1.40. The van der Waals surface area contributed by atoms with Gasteiger partial charge in [-0.3, -0.25) is 19.3 Å². The first kappa shape index (κ1) is 22.0. The predicted octanol–water partition coefficient (Wildman–Crippen LogP) is 2.70. The minimum atomic E-state index is -1.25. The first-order chi connectivity index (χ1) is 15.8. The van der Waals surface area contributed by atoms with Gasteiger partial charge in [0.05, 0.1) is 6.54 Å². The molecule has 0 spiro atoms. The molecule has 0 unspecified atom stereocenters. The third kappa shape index (κ3) is 4.27. The zero-order valence-electron chi connectivity index (χ0n) is 18.4. The van der Waals surface area contributed by atoms with Crippen molar-refractivity contribution in [2.45, 2.75) is 12.5 Å². The van der Waals surface area contributed by atoms with Crippen LogP contribution >= 0.6 is 0 Å². The Morgan fingerprint density at radius 1 is 0.970 bits per heavy atom. The van der Waals surface area contributed by atoms with Crippen LogP contribution in [0.4, 0.5) is 10.5 Å². The lowest BCUT2D eigenvalue weighted by atomic mass is 9.92. The van der Waals surface area contributed by atoms with Crippen LogP contribution in [0, 0.1) is 0 Å². The van der Waals surface area contributed by atoms with Crippen molar-refractivity contribution in [3.05, 3.63) is 78.4 Å². The van der Waals surface area contributed by atoms with Gasteiger partial charge in [-0.1, -0.05) is 66.7 Å². The fourth-order valence-electron chi connectivity index (χ4n) is 3.89. The first-order valence-corrected chi connectivity index (χ1v) is 10.5. The number of hydrogen-bond acceptors (Lipinski definition) is 4. The van der Waals surface area contributed by atoms with Gasteiger partial charge >= 0.3 is 6.03 Å². The lowest BCUT2D eigenvalue weighted by Crippen LogP contribution is -2.45. The van der Waals surface area contributed by atoms with Crippen LogP contribution in [0.25, 0.3) is 10.8 Å². The van der Waals surface area contributed by atoms with Crippen LogP contribution in [-0.4, -0.2) is 53.7 Å². The highest BCUT2D eigenvalue weighted by Crippen LogP contribution is 2.28. The minimum absolute atomic E-state index is 0.221. The van der Waals surface area contributed by atoms with Gasteiger partial charge in [0.1, 0.15) is 12.1 Å². The number of fused-ring (bicyclic) bond motifs is 1. The molecular weight excluding hydrogens is 420 g/mol. The lowest BCUT2D eigenvalue weighted by Gasteiger charge is -2.23. The van der Waals surface area contributed by atoms with E-state index in [1.807, 2.05) is 42.5 Å². The van der Waals surface area contributed by atoms with Gasteiger partial charge in [-0.2, -0.15) is 0 Å². The van der Waals surface area contributed by atoms with Gasteiger partial charge in [0.15, 0.2) is 0 Å². The average Bonchev–Trinajstić information content (AvgIpc) is 3.03. The highest BCUT2D eigenvalue weighted by atomic mass is 16.2. The molecule has 1 fully saturated rings. The summed E-state index contributed by atoms with van der Waals surface area (Å²) in [4.78, 5) is 52.8. The number of anilines is 1. The number of urea groups is 1. The van der Waals surface area contributed by atoms with E-state index in [0.29, 0.717) is 11.3 Å². The molecule has 0 bridgehead atoms. The standard InChI is InChI=1S/C25H24N4O4/c1-25(18-11-4-3-5-12-18)23(32)29(24(33)27-25)16-22(31)28(2)15-21(30)26-20-14-8-10-17-9-6-7-13-19(17)20/h3-14H,15-16H2,1-2H3,(H,26,30)(H,27,33)/t25-/m0/s1. The summed E-state index contributed by atoms with van der Waals surface area (Å²) in [5.41, 5.74) is 0.0240. The van der Waals surface area contributed by atoms with Gasteiger partial charge in [0.2, 0.25) is 11.8 Å². The van der Waals surface area contributed by atoms with Gasteiger partial charge in [0.25, 0.3) is 5.91 Å². The second kappa shape index (κ2) is 8.74. The summed E-state index contributed by atoms with van der Waals surface area (Å²) in [5.74, 6) is -1.42. The van der Waals surface area contributed by atoms with Crippen molar-refractivity contribution in [3.8, 4) is 0 Å². The number of hydrogen-bond donors (Lipinski definition) is 2. The molecule has 1 aliphatic rings. The maximum Gasteiger partial charge on any atom is 0.325 e. The molecule has 1 saturated heterocycles. The van der Waals surface area contributed by atoms with Gasteiger partial charge in [-0.25, -0.2) is 4.79 Å². The molecule has 0 saturated carbocycles. The molecule has 5 amide bonds. The largest absolute Gasteiger partial charge is 0.335 e. The van der Waals surface area contributed by atoms with Crippen molar-refractivity contribution in [1.82, 2.24) is 15.1 Å². The van der Waals surface area contributed by atoms with Crippen molar-refractivity contribution in [3.63, 3.8) is 0 Å². The van der Waals surface area contributed by atoms with Crippen LogP contribution in [0.1, 0.15) is 12.5 Å². The summed E-state index contributed by atoms with van der Waals surface area (Å²) in [7, 11) is 1.46. The molecular formula is C25H24N4O4. The number of amides is 5. The Hall–Kier alpha value is -4.20. The summed E-state index contributed by atoms with van der Waals surface area (Å²) in [6.45, 7) is 0.932. The Kier molecular flexibility index (Phi) is 5.83. The summed E-state index contributed by atoms with van der Waals surface area (Å²) in [5, 5.41) is 7.37. The fraction of sp³-hybridized carbons (Fsp3) is 0.200. The molecule has 0 radical (unpaired) electrons. The predicted molar refractivity (Wildman–Crippen MR) is 124 cm³/mol. The smallest absolute Gasteiger partial charge is 0.325 e. The van der Waals surface area contributed by atoms with Crippen molar-refractivity contribution in [1.29, 1.82) is 0 Å². The normalized spacial score (nSPS) is 17.7. The number of imide groups is 1. The summed E-state index contributed by atoms with van der Waals surface area (Å²) < 4.78 is 0. The maximum atomic E-state index is 13.0. The number of likely N-dealkylation sites (N-methyl/N-ethyl adjacent to an activating group) is 1.